The molecular weight excluding hydrogens is 290 g/mol. The van der Waals surface area contributed by atoms with Crippen LogP contribution in [0, 0.1) is 0 Å². The number of likely N-dealkylation sites (N-methyl/N-ethyl adjacent to an activating group) is 1. The normalized spacial score (nSPS) is 11.2. The number of rotatable bonds is 3. The number of amides is 1. The largest absolute Gasteiger partial charge is 0.473 e. The quantitative estimate of drug-likeness (QED) is 0.502. The molecule has 1 aromatic heterocycles. The molecule has 0 bridgehead atoms. The first kappa shape index (κ1) is 17.2. The maximum atomic E-state index is 11.3. The van der Waals surface area contributed by atoms with E-state index in [1.807, 2.05) is 30.5 Å². The molecule has 2 rings (SSSR count). The Balaban J connectivity index is 0.000000346. The molecule has 0 aliphatic rings. The number of aliphatic carboxylic acids is 2. The number of aromatic amines is 1. The van der Waals surface area contributed by atoms with Crippen LogP contribution in [0.3, 0.4) is 0 Å². The third kappa shape index (κ3) is 4.60. The SMILES string of the molecule is CNC(=O)[C@H](N)Cc1c[nH]c2ccccc12.O=C(O)C(=O)O. The summed E-state index contributed by atoms with van der Waals surface area (Å²) in [6.07, 6.45) is 2.46. The van der Waals surface area contributed by atoms with E-state index in [1.54, 1.807) is 7.05 Å². The minimum atomic E-state index is -1.82. The van der Waals surface area contributed by atoms with Crippen molar-refractivity contribution in [3.63, 3.8) is 0 Å². The van der Waals surface area contributed by atoms with Gasteiger partial charge < -0.3 is 26.2 Å². The molecule has 0 saturated heterocycles. The zero-order valence-electron chi connectivity index (χ0n) is 11.9. The highest BCUT2D eigenvalue weighted by atomic mass is 16.4. The highest BCUT2D eigenvalue weighted by Gasteiger charge is 2.14. The van der Waals surface area contributed by atoms with Crippen molar-refractivity contribution in [1.29, 1.82) is 0 Å². The fourth-order valence-electron chi connectivity index (χ4n) is 1.82. The van der Waals surface area contributed by atoms with Crippen LogP contribution < -0.4 is 11.1 Å². The Morgan fingerprint density at radius 2 is 1.82 bits per heavy atom. The fourth-order valence-corrected chi connectivity index (χ4v) is 1.82. The molecule has 0 fully saturated rings. The number of aromatic nitrogens is 1. The van der Waals surface area contributed by atoms with Crippen LogP contribution in [-0.4, -0.2) is 46.1 Å². The summed E-state index contributed by atoms with van der Waals surface area (Å²) in [4.78, 5) is 32.7. The van der Waals surface area contributed by atoms with Gasteiger partial charge >= 0.3 is 11.9 Å². The molecule has 0 aliphatic carbocycles. The lowest BCUT2D eigenvalue weighted by molar-refractivity contribution is -0.159. The summed E-state index contributed by atoms with van der Waals surface area (Å²) in [5, 5.41) is 18.5. The Morgan fingerprint density at radius 1 is 1.23 bits per heavy atom. The average Bonchev–Trinajstić information content (AvgIpc) is 2.90. The molecule has 0 unspecified atom stereocenters. The highest BCUT2D eigenvalue weighted by molar-refractivity contribution is 6.27. The van der Waals surface area contributed by atoms with E-state index in [2.05, 4.69) is 10.3 Å². The van der Waals surface area contributed by atoms with Crippen LogP contribution in [0.15, 0.2) is 30.5 Å². The van der Waals surface area contributed by atoms with Crippen LogP contribution in [0.1, 0.15) is 5.56 Å². The zero-order valence-corrected chi connectivity index (χ0v) is 11.9. The Hall–Kier alpha value is -2.87. The van der Waals surface area contributed by atoms with Crippen LogP contribution in [0.4, 0.5) is 0 Å². The molecule has 0 saturated carbocycles. The Labute approximate surface area is 125 Å². The second-order valence-electron chi connectivity index (χ2n) is 4.39. The van der Waals surface area contributed by atoms with Crippen molar-refractivity contribution in [1.82, 2.24) is 10.3 Å². The summed E-state index contributed by atoms with van der Waals surface area (Å²) in [6, 6.07) is 7.48. The van der Waals surface area contributed by atoms with Crippen molar-refractivity contribution < 1.29 is 24.6 Å². The van der Waals surface area contributed by atoms with Gasteiger partial charge in [0.15, 0.2) is 0 Å². The summed E-state index contributed by atoms with van der Waals surface area (Å²) >= 11 is 0. The molecule has 2 aromatic rings. The van der Waals surface area contributed by atoms with Gasteiger partial charge in [-0.1, -0.05) is 18.2 Å². The van der Waals surface area contributed by atoms with Crippen LogP contribution in [0.25, 0.3) is 10.9 Å². The van der Waals surface area contributed by atoms with Gasteiger partial charge in [0.05, 0.1) is 6.04 Å². The third-order valence-corrected chi connectivity index (χ3v) is 2.88. The Morgan fingerprint density at radius 3 is 2.36 bits per heavy atom. The molecular formula is C14H17N3O5. The molecule has 0 radical (unpaired) electrons. The second kappa shape index (κ2) is 7.79. The molecule has 22 heavy (non-hydrogen) atoms. The van der Waals surface area contributed by atoms with E-state index in [0.29, 0.717) is 6.42 Å². The number of para-hydroxylation sites is 1. The lowest BCUT2D eigenvalue weighted by Gasteiger charge is -2.08. The monoisotopic (exact) mass is 307 g/mol. The summed E-state index contributed by atoms with van der Waals surface area (Å²) in [5.74, 6) is -3.78. The van der Waals surface area contributed by atoms with Crippen molar-refractivity contribution >= 4 is 28.7 Å². The van der Waals surface area contributed by atoms with E-state index in [9.17, 15) is 4.79 Å². The number of carboxylic acid groups (broad SMARTS) is 2. The van der Waals surface area contributed by atoms with Crippen LogP contribution in [-0.2, 0) is 20.8 Å². The van der Waals surface area contributed by atoms with E-state index >= 15 is 0 Å². The van der Waals surface area contributed by atoms with Crippen molar-refractivity contribution in [3.8, 4) is 0 Å². The lowest BCUT2D eigenvalue weighted by atomic mass is 10.1. The first-order chi connectivity index (χ1) is 10.4. The smallest absolute Gasteiger partial charge is 0.414 e. The van der Waals surface area contributed by atoms with Gasteiger partial charge in [0, 0.05) is 24.1 Å². The van der Waals surface area contributed by atoms with E-state index < -0.39 is 18.0 Å². The molecule has 1 heterocycles. The minimum absolute atomic E-state index is 0.134. The van der Waals surface area contributed by atoms with Crippen LogP contribution in [0.2, 0.25) is 0 Å². The molecule has 1 amide bonds. The number of carbonyl (C=O) groups is 3. The first-order valence-electron chi connectivity index (χ1n) is 6.35. The number of benzene rings is 1. The molecule has 1 aromatic carbocycles. The molecule has 0 aliphatic heterocycles. The Bertz CT molecular complexity index is 668. The van der Waals surface area contributed by atoms with Gasteiger partial charge in [0.25, 0.3) is 0 Å². The maximum Gasteiger partial charge on any atom is 0.414 e. The predicted molar refractivity (Wildman–Crippen MR) is 79.3 cm³/mol. The average molecular weight is 307 g/mol. The van der Waals surface area contributed by atoms with Gasteiger partial charge in [-0.3, -0.25) is 4.79 Å². The number of carboxylic acids is 2. The molecule has 118 valence electrons. The number of fused-ring (bicyclic) bond motifs is 1. The van der Waals surface area contributed by atoms with Gasteiger partial charge in [-0.15, -0.1) is 0 Å². The fraction of sp³-hybridized carbons (Fsp3) is 0.214. The van der Waals surface area contributed by atoms with Crippen molar-refractivity contribution in [3.05, 3.63) is 36.0 Å². The summed E-state index contributed by atoms with van der Waals surface area (Å²) < 4.78 is 0. The number of nitrogens with two attached hydrogens (primary N) is 1. The molecule has 8 heteroatoms. The molecule has 8 nitrogen and oxygen atoms in total. The number of H-pyrrole nitrogens is 1. The first-order valence-corrected chi connectivity index (χ1v) is 6.35. The summed E-state index contributed by atoms with van der Waals surface area (Å²) in [5.41, 5.74) is 7.93. The topological polar surface area (TPSA) is 146 Å². The van der Waals surface area contributed by atoms with Gasteiger partial charge in [-0.05, 0) is 18.1 Å². The van der Waals surface area contributed by atoms with Gasteiger partial charge in [0.2, 0.25) is 5.91 Å². The number of carbonyl (C=O) groups excluding carboxylic acids is 1. The van der Waals surface area contributed by atoms with E-state index in [-0.39, 0.29) is 5.91 Å². The standard InChI is InChI=1S/C12H15N3O.C2H2O4/c1-14-12(16)10(13)6-8-7-15-11-5-3-2-4-9(8)11;3-1(4)2(5)6/h2-5,7,10,15H,6,13H2,1H3,(H,14,16);(H,3,4)(H,5,6)/t10-;/m1./s1. The van der Waals surface area contributed by atoms with E-state index in [0.717, 1.165) is 16.5 Å². The summed E-state index contributed by atoms with van der Waals surface area (Å²) in [6.45, 7) is 0. The van der Waals surface area contributed by atoms with E-state index in [1.165, 1.54) is 0 Å². The minimum Gasteiger partial charge on any atom is -0.473 e. The van der Waals surface area contributed by atoms with Crippen molar-refractivity contribution in [2.24, 2.45) is 5.73 Å². The second-order valence-corrected chi connectivity index (χ2v) is 4.39. The molecule has 1 atom stereocenters. The number of hydrogen-bond donors (Lipinski definition) is 5. The van der Waals surface area contributed by atoms with E-state index in [4.69, 9.17) is 25.5 Å². The zero-order chi connectivity index (χ0) is 16.7. The van der Waals surface area contributed by atoms with Gasteiger partial charge in [0.1, 0.15) is 0 Å². The van der Waals surface area contributed by atoms with Crippen molar-refractivity contribution in [2.75, 3.05) is 7.05 Å². The highest BCUT2D eigenvalue weighted by Crippen LogP contribution is 2.18. The van der Waals surface area contributed by atoms with Crippen molar-refractivity contribution in [2.45, 2.75) is 12.5 Å². The summed E-state index contributed by atoms with van der Waals surface area (Å²) in [7, 11) is 1.59. The predicted octanol–water partition coefficient (Wildman–Crippen LogP) is -0.0607. The maximum absolute atomic E-state index is 11.3. The van der Waals surface area contributed by atoms with Gasteiger partial charge in [-0.2, -0.15) is 0 Å². The van der Waals surface area contributed by atoms with Gasteiger partial charge in [-0.25, -0.2) is 9.59 Å². The Kier molecular flexibility index (Phi) is 6.09. The van der Waals surface area contributed by atoms with Crippen LogP contribution in [0.5, 0.6) is 0 Å². The third-order valence-electron chi connectivity index (χ3n) is 2.88. The lowest BCUT2D eigenvalue weighted by Crippen LogP contribution is -2.40. The number of nitrogens with one attached hydrogen (secondary N) is 2. The molecule has 0 spiro atoms. The number of hydrogen-bond acceptors (Lipinski definition) is 4. The molecule has 6 N–H and O–H groups in total. The van der Waals surface area contributed by atoms with Crippen LogP contribution >= 0.6 is 0 Å².